The molecular formula is C24H16FN3O4. The van der Waals surface area contributed by atoms with Gasteiger partial charge in [-0.15, -0.1) is 0 Å². The fourth-order valence-corrected chi connectivity index (χ4v) is 3.75. The predicted molar refractivity (Wildman–Crippen MR) is 117 cm³/mol. The first-order chi connectivity index (χ1) is 15.5. The van der Waals surface area contributed by atoms with Crippen LogP contribution in [-0.4, -0.2) is 10.8 Å². The molecule has 1 atom stereocenters. The molecule has 1 aromatic heterocycles. The third-order valence-electron chi connectivity index (χ3n) is 5.30. The SMILES string of the molecule is O=C1c2ccccc2NC(c2ccc(-c3ccc([N+](=O)[O-])cc3)o2)N1c1ccccc1F. The lowest BCUT2D eigenvalue weighted by Crippen LogP contribution is -2.43. The van der Waals surface area contributed by atoms with Gasteiger partial charge in [-0.3, -0.25) is 19.8 Å². The van der Waals surface area contributed by atoms with Crippen LogP contribution in [0.5, 0.6) is 0 Å². The Morgan fingerprint density at radius 2 is 1.66 bits per heavy atom. The van der Waals surface area contributed by atoms with Gasteiger partial charge < -0.3 is 9.73 Å². The number of hydrogen-bond acceptors (Lipinski definition) is 5. The molecule has 0 bridgehead atoms. The Morgan fingerprint density at radius 1 is 0.938 bits per heavy atom. The maximum absolute atomic E-state index is 14.7. The maximum atomic E-state index is 14.7. The lowest BCUT2D eigenvalue weighted by molar-refractivity contribution is -0.384. The number of anilines is 2. The highest BCUT2D eigenvalue weighted by Gasteiger charge is 2.37. The second-order valence-electron chi connectivity index (χ2n) is 7.23. The van der Waals surface area contributed by atoms with Crippen molar-refractivity contribution in [1.82, 2.24) is 0 Å². The molecule has 3 aromatic carbocycles. The molecule has 8 heteroatoms. The molecule has 0 aliphatic carbocycles. The summed E-state index contributed by atoms with van der Waals surface area (Å²) in [6.07, 6.45) is -0.791. The Labute approximate surface area is 181 Å². The van der Waals surface area contributed by atoms with E-state index in [1.807, 2.05) is 0 Å². The molecule has 32 heavy (non-hydrogen) atoms. The van der Waals surface area contributed by atoms with Gasteiger partial charge in [0.1, 0.15) is 17.3 Å². The van der Waals surface area contributed by atoms with Crippen molar-refractivity contribution >= 4 is 23.0 Å². The Kier molecular flexibility index (Phi) is 4.67. The minimum atomic E-state index is -0.791. The second kappa shape index (κ2) is 7.66. The summed E-state index contributed by atoms with van der Waals surface area (Å²) in [5, 5.41) is 14.2. The van der Waals surface area contributed by atoms with E-state index in [1.54, 1.807) is 60.7 Å². The van der Waals surface area contributed by atoms with Gasteiger partial charge in [0.25, 0.3) is 11.6 Å². The number of rotatable bonds is 4. The van der Waals surface area contributed by atoms with Gasteiger partial charge in [0, 0.05) is 23.4 Å². The number of non-ortho nitro benzene ring substituents is 1. The summed E-state index contributed by atoms with van der Waals surface area (Å²) in [4.78, 5) is 25.1. The largest absolute Gasteiger partial charge is 0.457 e. The van der Waals surface area contributed by atoms with Gasteiger partial charge in [-0.05, 0) is 48.5 Å². The van der Waals surface area contributed by atoms with Crippen molar-refractivity contribution < 1.29 is 18.5 Å². The first-order valence-electron chi connectivity index (χ1n) is 9.81. The van der Waals surface area contributed by atoms with Gasteiger partial charge in [0.15, 0.2) is 6.17 Å². The second-order valence-corrected chi connectivity index (χ2v) is 7.23. The number of carbonyl (C=O) groups is 1. The molecular weight excluding hydrogens is 413 g/mol. The van der Waals surface area contributed by atoms with Crippen LogP contribution >= 0.6 is 0 Å². The summed E-state index contributed by atoms with van der Waals surface area (Å²) >= 11 is 0. The number of nitrogens with zero attached hydrogens (tertiary/aromatic N) is 2. The molecule has 4 aromatic rings. The monoisotopic (exact) mass is 429 g/mol. The van der Waals surface area contributed by atoms with Crippen LogP contribution in [-0.2, 0) is 0 Å². The molecule has 0 radical (unpaired) electrons. The van der Waals surface area contributed by atoms with E-state index in [9.17, 15) is 19.3 Å². The normalized spacial score (nSPS) is 15.2. The van der Waals surface area contributed by atoms with Crippen molar-refractivity contribution in [2.75, 3.05) is 10.2 Å². The summed E-state index contributed by atoms with van der Waals surface area (Å²) in [5.41, 5.74) is 1.78. The Hall–Kier alpha value is -4.46. The topological polar surface area (TPSA) is 88.6 Å². The lowest BCUT2D eigenvalue weighted by Gasteiger charge is -2.36. The minimum absolute atomic E-state index is 0.0255. The number of benzene rings is 3. The van der Waals surface area contributed by atoms with Gasteiger partial charge in [-0.2, -0.15) is 0 Å². The van der Waals surface area contributed by atoms with Gasteiger partial charge in [-0.1, -0.05) is 24.3 Å². The molecule has 0 fully saturated rings. The van der Waals surface area contributed by atoms with Crippen molar-refractivity contribution in [3.8, 4) is 11.3 Å². The summed E-state index contributed by atoms with van der Waals surface area (Å²) in [6, 6.07) is 22.4. The number of para-hydroxylation sites is 2. The van der Waals surface area contributed by atoms with E-state index < -0.39 is 16.9 Å². The first-order valence-corrected chi connectivity index (χ1v) is 9.81. The van der Waals surface area contributed by atoms with Crippen LogP contribution in [0.4, 0.5) is 21.5 Å². The van der Waals surface area contributed by atoms with Gasteiger partial charge in [0.2, 0.25) is 0 Å². The molecule has 2 heterocycles. The molecule has 1 amide bonds. The van der Waals surface area contributed by atoms with E-state index in [-0.39, 0.29) is 17.3 Å². The third kappa shape index (κ3) is 3.27. The fraction of sp³-hybridized carbons (Fsp3) is 0.0417. The number of nitro groups is 1. The summed E-state index contributed by atoms with van der Waals surface area (Å²) in [5.74, 6) is -0.0298. The average molecular weight is 429 g/mol. The maximum Gasteiger partial charge on any atom is 0.269 e. The zero-order chi connectivity index (χ0) is 22.2. The zero-order valence-corrected chi connectivity index (χ0v) is 16.6. The number of nitrogens with one attached hydrogen (secondary N) is 1. The van der Waals surface area contributed by atoms with Gasteiger partial charge >= 0.3 is 0 Å². The molecule has 1 aliphatic rings. The van der Waals surface area contributed by atoms with Crippen molar-refractivity contribution in [3.05, 3.63) is 112 Å². The van der Waals surface area contributed by atoms with Crippen molar-refractivity contribution in [3.63, 3.8) is 0 Å². The van der Waals surface area contributed by atoms with Crippen molar-refractivity contribution in [1.29, 1.82) is 0 Å². The van der Waals surface area contributed by atoms with Gasteiger partial charge in [-0.25, -0.2) is 4.39 Å². The lowest BCUT2D eigenvalue weighted by atomic mass is 10.1. The summed E-state index contributed by atoms with van der Waals surface area (Å²) < 4.78 is 20.7. The highest BCUT2D eigenvalue weighted by molar-refractivity contribution is 6.12. The highest BCUT2D eigenvalue weighted by atomic mass is 19.1. The van der Waals surface area contributed by atoms with E-state index in [1.165, 1.54) is 29.2 Å². The number of fused-ring (bicyclic) bond motifs is 1. The van der Waals surface area contributed by atoms with Crippen molar-refractivity contribution in [2.45, 2.75) is 6.17 Å². The van der Waals surface area contributed by atoms with Crippen LogP contribution in [0.2, 0.25) is 0 Å². The van der Waals surface area contributed by atoms with E-state index >= 15 is 0 Å². The van der Waals surface area contributed by atoms with Crippen LogP contribution in [0, 0.1) is 15.9 Å². The molecule has 0 saturated carbocycles. The molecule has 1 aliphatic heterocycles. The standard InChI is InChI=1S/C24H16FN3O4/c25-18-6-2-4-8-20(18)27-23(26-19-7-3-1-5-17(19)24(27)29)22-14-13-21(32-22)15-9-11-16(12-10-15)28(30)31/h1-14,23,26H. The van der Waals surface area contributed by atoms with E-state index in [0.717, 1.165) is 0 Å². The van der Waals surface area contributed by atoms with Crippen LogP contribution < -0.4 is 10.2 Å². The number of hydrogen-bond donors (Lipinski definition) is 1. The molecule has 1 unspecified atom stereocenters. The van der Waals surface area contributed by atoms with Crippen molar-refractivity contribution in [2.24, 2.45) is 0 Å². The smallest absolute Gasteiger partial charge is 0.269 e. The van der Waals surface area contributed by atoms with E-state index in [4.69, 9.17) is 4.42 Å². The molecule has 0 saturated heterocycles. The predicted octanol–water partition coefficient (Wildman–Crippen LogP) is 5.77. The number of halogens is 1. The number of nitro benzene ring substituents is 1. The molecule has 7 nitrogen and oxygen atoms in total. The van der Waals surface area contributed by atoms with E-state index in [2.05, 4.69) is 5.32 Å². The number of carbonyl (C=O) groups excluding carboxylic acids is 1. The van der Waals surface area contributed by atoms with Crippen LogP contribution in [0.1, 0.15) is 22.3 Å². The third-order valence-corrected chi connectivity index (χ3v) is 5.30. The molecule has 5 rings (SSSR count). The summed E-state index contributed by atoms with van der Waals surface area (Å²) in [6.45, 7) is 0. The zero-order valence-electron chi connectivity index (χ0n) is 16.6. The summed E-state index contributed by atoms with van der Waals surface area (Å²) in [7, 11) is 0. The molecule has 1 N–H and O–H groups in total. The average Bonchev–Trinajstić information content (AvgIpc) is 3.30. The van der Waals surface area contributed by atoms with Crippen LogP contribution in [0.25, 0.3) is 11.3 Å². The Bertz CT molecular complexity index is 1330. The minimum Gasteiger partial charge on any atom is -0.457 e. The molecule has 0 spiro atoms. The Morgan fingerprint density at radius 3 is 2.41 bits per heavy atom. The quantitative estimate of drug-likeness (QED) is 0.329. The van der Waals surface area contributed by atoms with Crippen LogP contribution in [0.3, 0.4) is 0 Å². The first kappa shape index (κ1) is 19.5. The number of amides is 1. The Balaban J connectivity index is 1.57. The van der Waals surface area contributed by atoms with E-state index in [0.29, 0.717) is 28.3 Å². The number of furan rings is 1. The van der Waals surface area contributed by atoms with Gasteiger partial charge in [0.05, 0.1) is 16.2 Å². The fourth-order valence-electron chi connectivity index (χ4n) is 3.75. The molecule has 158 valence electrons. The van der Waals surface area contributed by atoms with Crippen LogP contribution in [0.15, 0.2) is 89.3 Å². The highest BCUT2D eigenvalue weighted by Crippen LogP contribution is 2.39.